The molecule has 4 N–H and O–H groups in total. The first-order valence-corrected chi connectivity index (χ1v) is 27.1. The van der Waals surface area contributed by atoms with Crippen LogP contribution in [0.2, 0.25) is 0 Å². The fourth-order valence-electron chi connectivity index (χ4n) is 7.35. The van der Waals surface area contributed by atoms with Crippen molar-refractivity contribution in [1.29, 1.82) is 0 Å². The van der Waals surface area contributed by atoms with Crippen molar-refractivity contribution in [2.45, 2.75) is 230 Å². The average molecular weight is 951 g/mol. The minimum absolute atomic E-state index is 0.138. The number of aliphatic hydroxyl groups is 3. The Morgan fingerprint density at radius 2 is 0.970 bits per heavy atom. The summed E-state index contributed by atoms with van der Waals surface area (Å²) in [5.41, 5.74) is 0. The summed E-state index contributed by atoms with van der Waals surface area (Å²) in [6.07, 6.45) is 45.2. The Kier molecular flexibility index (Phi) is 39.1. The van der Waals surface area contributed by atoms with Crippen LogP contribution in [0.1, 0.15) is 194 Å². The minimum atomic E-state index is -4.61. The van der Waals surface area contributed by atoms with Crippen molar-refractivity contribution in [3.63, 3.8) is 0 Å². The van der Waals surface area contributed by atoms with Crippen LogP contribution in [0, 0.1) is 0 Å². The zero-order valence-corrected chi connectivity index (χ0v) is 41.6. The molecule has 0 amide bonds. The van der Waals surface area contributed by atoms with Crippen LogP contribution in [0.3, 0.4) is 0 Å². The Bertz CT molecular complexity index is 1490. The van der Waals surface area contributed by atoms with Gasteiger partial charge in [-0.25, -0.2) is 0 Å². The summed E-state index contributed by atoms with van der Waals surface area (Å²) >= 11 is 0. The van der Waals surface area contributed by atoms with Crippen molar-refractivity contribution in [1.82, 2.24) is 0 Å². The first-order chi connectivity index (χ1) is 32.0. The lowest BCUT2D eigenvalue weighted by atomic mass is 10.00. The van der Waals surface area contributed by atoms with E-state index in [4.69, 9.17) is 18.9 Å². The van der Waals surface area contributed by atoms with Crippen LogP contribution >= 0.6 is 0 Å². The summed E-state index contributed by atoms with van der Waals surface area (Å²) in [4.78, 5) is 25.5. The van der Waals surface area contributed by atoms with Gasteiger partial charge in [0.15, 0.2) is 12.4 Å². The molecule has 13 heteroatoms. The molecule has 0 radical (unpaired) electrons. The Hall–Kier alpha value is -2.91. The fraction of sp³-hybridized carbons (Fsp3) is 0.736. The lowest BCUT2D eigenvalue weighted by molar-refractivity contribution is -0.297. The average Bonchev–Trinajstić information content (AvgIpc) is 3.28. The number of ether oxygens (including phenoxy) is 4. The maximum absolute atomic E-state index is 12.9. The van der Waals surface area contributed by atoms with Gasteiger partial charge >= 0.3 is 11.9 Å². The molecule has 0 aromatic rings. The molecule has 0 spiro atoms. The van der Waals surface area contributed by atoms with Gasteiger partial charge in [0.05, 0.1) is 6.61 Å². The molecule has 380 valence electrons. The van der Waals surface area contributed by atoms with Crippen molar-refractivity contribution < 1.29 is 56.8 Å². The van der Waals surface area contributed by atoms with E-state index in [0.29, 0.717) is 19.3 Å². The normalized spacial score (nSPS) is 20.0. The summed E-state index contributed by atoms with van der Waals surface area (Å²) in [7, 11) is -4.61. The summed E-state index contributed by atoms with van der Waals surface area (Å²) in [5.74, 6) is -2.06. The van der Waals surface area contributed by atoms with E-state index in [9.17, 15) is 37.9 Å². The maximum Gasteiger partial charge on any atom is 0.306 e. The van der Waals surface area contributed by atoms with E-state index in [1.54, 1.807) is 0 Å². The van der Waals surface area contributed by atoms with Gasteiger partial charge < -0.3 is 34.3 Å². The molecule has 0 saturated carbocycles. The van der Waals surface area contributed by atoms with Crippen molar-refractivity contribution in [3.05, 3.63) is 72.9 Å². The molecule has 12 nitrogen and oxygen atoms in total. The van der Waals surface area contributed by atoms with Crippen molar-refractivity contribution >= 4 is 22.1 Å². The third-order valence-corrected chi connectivity index (χ3v) is 12.0. The molecule has 1 rings (SSSR count). The summed E-state index contributed by atoms with van der Waals surface area (Å²) in [6.45, 7) is 3.61. The lowest BCUT2D eigenvalue weighted by Gasteiger charge is -2.40. The van der Waals surface area contributed by atoms with Crippen LogP contribution in [0.4, 0.5) is 0 Å². The zero-order chi connectivity index (χ0) is 48.4. The van der Waals surface area contributed by atoms with E-state index >= 15 is 0 Å². The molecule has 1 saturated heterocycles. The van der Waals surface area contributed by atoms with E-state index in [0.717, 1.165) is 51.4 Å². The van der Waals surface area contributed by atoms with E-state index in [-0.39, 0.29) is 19.4 Å². The molecule has 2 unspecified atom stereocenters. The van der Waals surface area contributed by atoms with E-state index in [1.165, 1.54) is 96.3 Å². The number of carbonyl (C=O) groups is 2. The quantitative estimate of drug-likeness (QED) is 0.0197. The summed E-state index contributed by atoms with van der Waals surface area (Å²) < 4.78 is 54.2. The van der Waals surface area contributed by atoms with Crippen LogP contribution in [-0.4, -0.2) is 96.0 Å². The second-order valence-electron chi connectivity index (χ2n) is 17.4. The zero-order valence-electron chi connectivity index (χ0n) is 40.8. The Morgan fingerprint density at radius 1 is 0.530 bits per heavy atom. The van der Waals surface area contributed by atoms with Gasteiger partial charge in [-0.05, 0) is 77.0 Å². The van der Waals surface area contributed by atoms with Gasteiger partial charge in [-0.3, -0.25) is 14.1 Å². The van der Waals surface area contributed by atoms with Crippen LogP contribution in [0.15, 0.2) is 72.9 Å². The maximum atomic E-state index is 12.9. The molecule has 0 bridgehead atoms. The Balaban J connectivity index is 2.41. The highest BCUT2D eigenvalue weighted by Gasteiger charge is 2.46. The molecular weight excluding hydrogens is 861 g/mol. The van der Waals surface area contributed by atoms with Gasteiger partial charge in [0, 0.05) is 12.8 Å². The molecule has 0 aromatic carbocycles. The number of carbonyl (C=O) groups excluding carboxylic acids is 2. The van der Waals surface area contributed by atoms with E-state index in [1.807, 2.05) is 12.2 Å². The molecule has 1 aliphatic rings. The first kappa shape index (κ1) is 61.1. The molecular formula is C53H90O12S. The number of unbranched alkanes of at least 4 members (excludes halogenated alkanes) is 18. The van der Waals surface area contributed by atoms with Gasteiger partial charge in [-0.2, -0.15) is 8.42 Å². The Labute approximate surface area is 399 Å². The standard InChI is InChI=1S/C53H90O12S/c1-3-5-7-9-11-13-15-17-19-21-22-23-24-26-28-30-32-34-36-38-40-42-49(55)64-46(44-63-53-52(58)51(57)50(56)47(65-53)45-66(59,60)61)43-62-48(54)41-39-37-35-33-31-29-27-25-20-18-16-14-12-10-8-6-4-2/h6,8,12,14,17-20,27,29,33,35,46-47,50-53,56-58H,3-5,7,9-11,13,15-16,21-26,28,30-32,34,36-45H2,1-2H3,(H,59,60,61)/b8-6+,14-12+,19-17+,20-18+,29-27+,35-33+/t46-,47-,50-,51?,52?,53+/m1/s1. The smallest absolute Gasteiger partial charge is 0.306 e. The third-order valence-electron chi connectivity index (χ3n) is 11.3. The molecule has 1 fully saturated rings. The predicted molar refractivity (Wildman–Crippen MR) is 265 cm³/mol. The first-order valence-electron chi connectivity index (χ1n) is 25.5. The number of allylic oxidation sites excluding steroid dienone is 12. The van der Waals surface area contributed by atoms with Gasteiger partial charge in [-0.1, -0.05) is 177 Å². The van der Waals surface area contributed by atoms with Crippen molar-refractivity contribution in [3.8, 4) is 0 Å². The molecule has 6 atom stereocenters. The molecule has 66 heavy (non-hydrogen) atoms. The van der Waals surface area contributed by atoms with Crippen LogP contribution in [0.5, 0.6) is 0 Å². The number of aliphatic hydroxyl groups excluding tert-OH is 3. The van der Waals surface area contributed by atoms with Crippen LogP contribution < -0.4 is 0 Å². The van der Waals surface area contributed by atoms with Crippen molar-refractivity contribution in [2.24, 2.45) is 0 Å². The highest BCUT2D eigenvalue weighted by Crippen LogP contribution is 2.24. The van der Waals surface area contributed by atoms with Crippen LogP contribution in [0.25, 0.3) is 0 Å². The predicted octanol–water partition coefficient (Wildman–Crippen LogP) is 11.5. The molecule has 0 aliphatic carbocycles. The molecule has 1 heterocycles. The van der Waals surface area contributed by atoms with Gasteiger partial charge in [0.1, 0.15) is 36.8 Å². The topological polar surface area (TPSA) is 186 Å². The number of hydrogen-bond acceptors (Lipinski definition) is 11. The second kappa shape index (κ2) is 42.2. The fourth-order valence-corrected chi connectivity index (χ4v) is 8.05. The Morgan fingerprint density at radius 3 is 1.48 bits per heavy atom. The summed E-state index contributed by atoms with van der Waals surface area (Å²) in [5, 5.41) is 31.0. The molecule has 1 aliphatic heterocycles. The number of hydrogen-bond donors (Lipinski definition) is 4. The van der Waals surface area contributed by atoms with Crippen LogP contribution in [-0.2, 0) is 38.7 Å². The second-order valence-corrected chi connectivity index (χ2v) is 18.9. The van der Waals surface area contributed by atoms with Crippen molar-refractivity contribution in [2.75, 3.05) is 19.0 Å². The summed E-state index contributed by atoms with van der Waals surface area (Å²) in [6, 6.07) is 0. The molecule has 0 aromatic heterocycles. The van der Waals surface area contributed by atoms with Gasteiger partial charge in [-0.15, -0.1) is 0 Å². The van der Waals surface area contributed by atoms with Gasteiger partial charge in [0.25, 0.3) is 10.1 Å². The van der Waals surface area contributed by atoms with E-state index < -0.39 is 71.2 Å². The SMILES string of the molecule is CC/C=C/C/C=C/C/C=C/C/C=C/C/C=C/CCCC(=O)OC[C@H](CO[C@H]1O[C@H](CS(=O)(=O)O)[C@@H](O)C(O)C1O)OC(=O)CCCCCCCCCCCCC/C=C/CCCCCCCC. The highest BCUT2D eigenvalue weighted by atomic mass is 32.2. The number of esters is 2. The van der Waals surface area contributed by atoms with E-state index in [2.05, 4.69) is 74.6 Å². The lowest BCUT2D eigenvalue weighted by Crippen LogP contribution is -2.60. The highest BCUT2D eigenvalue weighted by molar-refractivity contribution is 7.85. The van der Waals surface area contributed by atoms with Gasteiger partial charge in [0.2, 0.25) is 0 Å². The third kappa shape index (κ3) is 36.2. The minimum Gasteiger partial charge on any atom is -0.462 e. The monoisotopic (exact) mass is 951 g/mol. The number of rotatable bonds is 42. The largest absolute Gasteiger partial charge is 0.462 e.